The van der Waals surface area contributed by atoms with Crippen LogP contribution in [0.4, 0.5) is 32.2 Å². The summed E-state index contributed by atoms with van der Waals surface area (Å²) in [4.78, 5) is 26.0. The van der Waals surface area contributed by atoms with Crippen LogP contribution < -0.4 is 14.9 Å². The highest BCUT2D eigenvalue weighted by molar-refractivity contribution is 7.92. The van der Waals surface area contributed by atoms with E-state index in [-0.39, 0.29) is 11.5 Å². The van der Waals surface area contributed by atoms with Crippen molar-refractivity contribution in [2.45, 2.75) is 6.92 Å². The molecule has 0 bridgehead atoms. The molecule has 1 amide bonds. The lowest BCUT2D eigenvalue weighted by Crippen LogP contribution is -2.25. The molecule has 0 unspecified atom stereocenters. The van der Waals surface area contributed by atoms with E-state index in [4.69, 9.17) is 0 Å². The third-order valence-corrected chi connectivity index (χ3v) is 6.21. The second-order valence-corrected chi connectivity index (χ2v) is 9.57. The number of nitrogens with zero attached hydrogens (tertiary/aromatic N) is 5. The fourth-order valence-electron chi connectivity index (χ4n) is 3.36. The minimum Gasteiger partial charge on any atom is -0.352 e. The highest BCUT2D eigenvalue weighted by Crippen LogP contribution is 2.36. The van der Waals surface area contributed by atoms with Crippen LogP contribution in [-0.2, 0) is 22.0 Å². The predicted octanol–water partition coefficient (Wildman–Crippen LogP) is 3.24. The van der Waals surface area contributed by atoms with Gasteiger partial charge in [0.25, 0.3) is 0 Å². The first kappa shape index (κ1) is 23.0. The molecular formula is C20H21FN8O4S. The third kappa shape index (κ3) is 4.61. The van der Waals surface area contributed by atoms with E-state index in [0.29, 0.717) is 28.4 Å². The largest absolute Gasteiger partial charge is 0.450 e. The average molecular weight is 489 g/mol. The van der Waals surface area contributed by atoms with Crippen molar-refractivity contribution in [3.63, 3.8) is 0 Å². The van der Waals surface area contributed by atoms with E-state index < -0.39 is 16.1 Å². The van der Waals surface area contributed by atoms with E-state index in [2.05, 4.69) is 35.6 Å². The van der Waals surface area contributed by atoms with E-state index in [1.807, 2.05) is 12.3 Å². The van der Waals surface area contributed by atoms with Gasteiger partial charge in [-0.2, -0.15) is 5.10 Å². The van der Waals surface area contributed by atoms with Gasteiger partial charge in [-0.05, 0) is 24.6 Å². The van der Waals surface area contributed by atoms with Crippen molar-refractivity contribution in [3.05, 3.63) is 42.5 Å². The molecule has 0 aliphatic carbocycles. The van der Waals surface area contributed by atoms with Crippen LogP contribution in [0.5, 0.6) is 0 Å². The number of aromatic nitrogens is 5. The molecule has 14 heteroatoms. The number of halogens is 1. The van der Waals surface area contributed by atoms with Gasteiger partial charge in [0, 0.05) is 36.4 Å². The molecule has 34 heavy (non-hydrogen) atoms. The Balaban J connectivity index is 1.83. The number of pyridine rings is 1. The number of aryl methyl sites for hydroxylation is 2. The lowest BCUT2D eigenvalue weighted by molar-refractivity contribution is -0.0544. The van der Waals surface area contributed by atoms with Crippen LogP contribution in [0, 0.1) is 6.92 Å². The van der Waals surface area contributed by atoms with E-state index >= 15 is 0 Å². The molecule has 0 saturated heterocycles. The predicted molar refractivity (Wildman–Crippen MR) is 125 cm³/mol. The standard InChI is InChI=1S/C20H21FN8O4S/c1-11-23-18-15(8-17(26-19(18)24-11)27-20(30)33-21)25-14-6-5-12(13-9-22-28(2)10-13)7-16(14)29(3)34(4,31)32/h5-10H,1-4H3,(H3,23,24,25,26,27,30). The van der Waals surface area contributed by atoms with Crippen molar-refractivity contribution in [2.24, 2.45) is 7.05 Å². The van der Waals surface area contributed by atoms with E-state index in [1.54, 1.807) is 37.0 Å². The molecule has 178 valence electrons. The molecule has 3 aromatic heterocycles. The molecule has 0 spiro atoms. The zero-order valence-corrected chi connectivity index (χ0v) is 19.4. The molecule has 12 nitrogen and oxygen atoms in total. The topological polar surface area (TPSA) is 147 Å². The normalized spacial score (nSPS) is 11.4. The number of hydrogen-bond acceptors (Lipinski definition) is 8. The number of benzene rings is 1. The van der Waals surface area contributed by atoms with E-state index in [0.717, 1.165) is 21.7 Å². The number of carbonyl (C=O) groups is 1. The Morgan fingerprint density at radius 3 is 2.62 bits per heavy atom. The monoisotopic (exact) mass is 488 g/mol. The van der Waals surface area contributed by atoms with Crippen molar-refractivity contribution in [3.8, 4) is 11.1 Å². The van der Waals surface area contributed by atoms with Crippen LogP contribution in [0.2, 0.25) is 0 Å². The van der Waals surface area contributed by atoms with Crippen LogP contribution in [0.3, 0.4) is 0 Å². The van der Waals surface area contributed by atoms with Crippen molar-refractivity contribution in [1.29, 1.82) is 0 Å². The molecule has 0 atom stereocenters. The van der Waals surface area contributed by atoms with Gasteiger partial charge in [0.1, 0.15) is 17.2 Å². The number of carbonyl (C=O) groups excluding carboxylic acids is 1. The summed E-state index contributed by atoms with van der Waals surface area (Å²) in [6, 6.07) is 6.69. The Labute approximate surface area is 193 Å². The molecule has 1 aromatic carbocycles. The smallest absolute Gasteiger partial charge is 0.352 e. The average Bonchev–Trinajstić information content (AvgIpc) is 3.37. The molecule has 0 saturated carbocycles. The minimum absolute atomic E-state index is 0.0193. The second kappa shape index (κ2) is 8.62. The quantitative estimate of drug-likeness (QED) is 0.375. The van der Waals surface area contributed by atoms with Crippen molar-refractivity contribution in [2.75, 3.05) is 28.2 Å². The summed E-state index contributed by atoms with van der Waals surface area (Å²) < 4.78 is 39.8. The first-order valence-corrected chi connectivity index (χ1v) is 11.7. The zero-order chi connectivity index (χ0) is 24.6. The van der Waals surface area contributed by atoms with E-state index in [1.165, 1.54) is 13.1 Å². The number of rotatable bonds is 6. The lowest BCUT2D eigenvalue weighted by atomic mass is 10.1. The first-order valence-electron chi connectivity index (χ1n) is 9.86. The summed E-state index contributed by atoms with van der Waals surface area (Å²) in [7, 11) is -0.379. The summed E-state index contributed by atoms with van der Waals surface area (Å²) in [6.45, 7) is 1.72. The van der Waals surface area contributed by atoms with Crippen molar-refractivity contribution >= 4 is 50.2 Å². The SMILES string of the molecule is Cc1nc2nc(NC(=O)OF)cc(Nc3ccc(-c4cnn(C)c4)cc3N(C)S(C)(=O)=O)c2[nH]1. The molecule has 3 N–H and O–H groups in total. The van der Waals surface area contributed by atoms with Crippen molar-refractivity contribution in [1.82, 2.24) is 24.7 Å². The third-order valence-electron chi connectivity index (χ3n) is 5.02. The van der Waals surface area contributed by atoms with Gasteiger partial charge in [-0.15, -0.1) is 0 Å². The second-order valence-electron chi connectivity index (χ2n) is 7.56. The molecule has 0 fully saturated rings. The summed E-state index contributed by atoms with van der Waals surface area (Å²) in [6.07, 6.45) is 3.24. The van der Waals surface area contributed by atoms with Crippen molar-refractivity contribution < 1.29 is 22.7 Å². The van der Waals surface area contributed by atoms with Gasteiger partial charge in [-0.3, -0.25) is 14.3 Å². The maximum absolute atomic E-state index is 12.4. The van der Waals surface area contributed by atoms with E-state index in [9.17, 15) is 17.7 Å². The number of aromatic amines is 1. The number of hydrogen-bond donors (Lipinski definition) is 3. The number of H-pyrrole nitrogens is 1. The van der Waals surface area contributed by atoms with Gasteiger partial charge in [0.15, 0.2) is 5.65 Å². The zero-order valence-electron chi connectivity index (χ0n) is 18.6. The summed E-state index contributed by atoms with van der Waals surface area (Å²) in [5.41, 5.74) is 3.54. The van der Waals surface area contributed by atoms with Crippen LogP contribution in [0.1, 0.15) is 5.82 Å². The maximum atomic E-state index is 12.4. The number of sulfonamides is 1. The lowest BCUT2D eigenvalue weighted by Gasteiger charge is -2.22. The fraction of sp³-hybridized carbons (Fsp3) is 0.200. The molecular weight excluding hydrogens is 467 g/mol. The first-order chi connectivity index (χ1) is 16.0. The Morgan fingerprint density at radius 1 is 1.21 bits per heavy atom. The van der Waals surface area contributed by atoms with Crippen LogP contribution in [0.25, 0.3) is 22.3 Å². The van der Waals surface area contributed by atoms with Gasteiger partial charge in [0.2, 0.25) is 10.0 Å². The van der Waals surface area contributed by atoms with Crippen LogP contribution >= 0.6 is 0 Å². The number of amides is 1. The summed E-state index contributed by atoms with van der Waals surface area (Å²) >= 11 is 0. The molecule has 0 radical (unpaired) electrons. The summed E-state index contributed by atoms with van der Waals surface area (Å²) in [5, 5.41) is 9.49. The van der Waals surface area contributed by atoms with Gasteiger partial charge in [-0.1, -0.05) is 6.07 Å². The van der Waals surface area contributed by atoms with Gasteiger partial charge in [-0.25, -0.2) is 28.1 Å². The Bertz CT molecular complexity index is 1500. The number of anilines is 4. The van der Waals surface area contributed by atoms with Crippen LogP contribution in [0.15, 0.2) is 36.7 Å². The van der Waals surface area contributed by atoms with Gasteiger partial charge >= 0.3 is 6.09 Å². The Hall–Kier alpha value is -4.20. The molecule has 4 rings (SSSR count). The van der Waals surface area contributed by atoms with Crippen LogP contribution in [-0.4, -0.2) is 52.5 Å². The molecule has 3 heterocycles. The Kier molecular flexibility index (Phi) is 5.83. The number of imidazole rings is 1. The maximum Gasteiger partial charge on any atom is 0.450 e. The number of fused-ring (bicyclic) bond motifs is 1. The molecule has 0 aliphatic heterocycles. The number of nitrogens with one attached hydrogen (secondary N) is 3. The highest BCUT2D eigenvalue weighted by atomic mass is 32.2. The minimum atomic E-state index is -3.61. The summed E-state index contributed by atoms with van der Waals surface area (Å²) in [5.74, 6) is 0.533. The van der Waals surface area contributed by atoms with Gasteiger partial charge in [0.05, 0.1) is 29.5 Å². The molecule has 4 aromatic rings. The fourth-order valence-corrected chi connectivity index (χ4v) is 3.87. The molecule has 0 aliphatic rings. The van der Waals surface area contributed by atoms with Gasteiger partial charge < -0.3 is 10.3 Å². The highest BCUT2D eigenvalue weighted by Gasteiger charge is 2.20. The Morgan fingerprint density at radius 2 is 1.97 bits per heavy atom.